The van der Waals surface area contributed by atoms with E-state index in [4.69, 9.17) is 4.98 Å². The van der Waals surface area contributed by atoms with E-state index in [0.717, 1.165) is 49.6 Å². The molecule has 0 saturated heterocycles. The van der Waals surface area contributed by atoms with Crippen LogP contribution in [0, 0.1) is 0 Å². The minimum atomic E-state index is 0.959. The summed E-state index contributed by atoms with van der Waals surface area (Å²) >= 11 is 1.73. The fraction of sp³-hybridized carbons (Fsp3) is 0. The third kappa shape index (κ3) is 3.79. The largest absolute Gasteiger partial charge is 0.309 e. The van der Waals surface area contributed by atoms with Crippen molar-refractivity contribution in [3.8, 4) is 38.6 Å². The standard InChI is InChI=1S/C35H22N4S/c1-2-10-34-31(9-1)38-35(40-34)26-11-13-28-29-21-24(23-15-18-36-19-16-23)12-14-32(29)39(33(28)22-26)27-7-5-6-25(20-27)30-8-3-4-17-37-30/h1-22H. The third-order valence-corrected chi connectivity index (χ3v) is 8.47. The van der Waals surface area contributed by atoms with Crippen LogP contribution >= 0.6 is 11.3 Å². The molecule has 188 valence electrons. The van der Waals surface area contributed by atoms with E-state index < -0.39 is 0 Å². The summed E-state index contributed by atoms with van der Waals surface area (Å²) in [7, 11) is 0. The van der Waals surface area contributed by atoms with Crippen molar-refractivity contribution in [1.29, 1.82) is 0 Å². The van der Waals surface area contributed by atoms with Gasteiger partial charge in [-0.1, -0.05) is 48.5 Å². The molecule has 0 amide bonds. The van der Waals surface area contributed by atoms with Gasteiger partial charge in [0.2, 0.25) is 0 Å². The molecule has 0 fully saturated rings. The van der Waals surface area contributed by atoms with Crippen LogP contribution in [0.1, 0.15) is 0 Å². The monoisotopic (exact) mass is 530 g/mol. The topological polar surface area (TPSA) is 43.6 Å². The van der Waals surface area contributed by atoms with Gasteiger partial charge in [0, 0.05) is 46.2 Å². The smallest absolute Gasteiger partial charge is 0.124 e. The first-order valence-corrected chi connectivity index (χ1v) is 14.0. The predicted octanol–water partition coefficient (Wildman–Crippen LogP) is 9.18. The van der Waals surface area contributed by atoms with Crippen LogP contribution in [0.3, 0.4) is 0 Å². The number of thiazole rings is 1. The minimum absolute atomic E-state index is 0.959. The number of rotatable bonds is 4. The van der Waals surface area contributed by atoms with Gasteiger partial charge in [-0.2, -0.15) is 0 Å². The van der Waals surface area contributed by atoms with Gasteiger partial charge in [-0.15, -0.1) is 11.3 Å². The molecule has 4 aromatic carbocycles. The highest BCUT2D eigenvalue weighted by atomic mass is 32.1. The van der Waals surface area contributed by atoms with Crippen LogP contribution in [0.4, 0.5) is 0 Å². The number of hydrogen-bond donors (Lipinski definition) is 0. The van der Waals surface area contributed by atoms with E-state index in [9.17, 15) is 0 Å². The van der Waals surface area contributed by atoms with Crippen molar-refractivity contribution in [2.24, 2.45) is 0 Å². The second-order valence-corrected chi connectivity index (χ2v) is 10.8. The molecule has 0 bridgehead atoms. The van der Waals surface area contributed by atoms with Gasteiger partial charge in [-0.05, 0) is 77.9 Å². The molecule has 0 radical (unpaired) electrons. The summed E-state index contributed by atoms with van der Waals surface area (Å²) < 4.78 is 3.56. The molecule has 0 aliphatic heterocycles. The van der Waals surface area contributed by atoms with Crippen molar-refractivity contribution < 1.29 is 0 Å². The van der Waals surface area contributed by atoms with E-state index in [1.54, 1.807) is 11.3 Å². The van der Waals surface area contributed by atoms with Gasteiger partial charge in [0.05, 0.1) is 26.9 Å². The van der Waals surface area contributed by atoms with Gasteiger partial charge in [-0.25, -0.2) is 4.98 Å². The normalized spacial score (nSPS) is 11.5. The van der Waals surface area contributed by atoms with Crippen molar-refractivity contribution in [1.82, 2.24) is 19.5 Å². The quantitative estimate of drug-likeness (QED) is 0.228. The minimum Gasteiger partial charge on any atom is -0.309 e. The fourth-order valence-corrected chi connectivity index (χ4v) is 6.45. The maximum Gasteiger partial charge on any atom is 0.124 e. The zero-order valence-electron chi connectivity index (χ0n) is 21.4. The molecule has 0 unspecified atom stereocenters. The van der Waals surface area contributed by atoms with Crippen molar-refractivity contribution in [2.45, 2.75) is 0 Å². The summed E-state index contributed by atoms with van der Waals surface area (Å²) in [5.74, 6) is 0. The highest BCUT2D eigenvalue weighted by Crippen LogP contribution is 2.39. The summed E-state index contributed by atoms with van der Waals surface area (Å²) in [6, 6.07) is 40.6. The number of nitrogens with zero attached hydrogens (tertiary/aromatic N) is 4. The first kappa shape index (κ1) is 22.8. The molecule has 0 atom stereocenters. The fourth-order valence-electron chi connectivity index (χ4n) is 5.49. The predicted molar refractivity (Wildman–Crippen MR) is 166 cm³/mol. The molecule has 0 aliphatic carbocycles. The van der Waals surface area contributed by atoms with E-state index in [0.29, 0.717) is 0 Å². The van der Waals surface area contributed by atoms with E-state index in [1.807, 2.05) is 36.8 Å². The van der Waals surface area contributed by atoms with Crippen LogP contribution in [0.15, 0.2) is 134 Å². The first-order chi connectivity index (χ1) is 19.8. The second-order valence-electron chi connectivity index (χ2n) is 9.79. The number of hydrogen-bond acceptors (Lipinski definition) is 4. The average molecular weight is 531 g/mol. The molecule has 8 rings (SSSR count). The molecular formula is C35H22N4S. The molecule has 4 aromatic heterocycles. The van der Waals surface area contributed by atoms with E-state index in [1.165, 1.54) is 21.0 Å². The van der Waals surface area contributed by atoms with E-state index in [-0.39, 0.29) is 0 Å². The molecule has 0 saturated carbocycles. The second kappa shape index (κ2) is 9.26. The Morgan fingerprint density at radius 3 is 2.30 bits per heavy atom. The maximum absolute atomic E-state index is 4.95. The Balaban J connectivity index is 1.39. The van der Waals surface area contributed by atoms with Gasteiger partial charge >= 0.3 is 0 Å². The lowest BCUT2D eigenvalue weighted by Crippen LogP contribution is -1.95. The van der Waals surface area contributed by atoms with E-state index >= 15 is 0 Å². The van der Waals surface area contributed by atoms with Crippen molar-refractivity contribution in [3.05, 3.63) is 134 Å². The van der Waals surface area contributed by atoms with Gasteiger partial charge in [0.1, 0.15) is 5.01 Å². The van der Waals surface area contributed by atoms with Crippen LogP contribution < -0.4 is 0 Å². The van der Waals surface area contributed by atoms with Gasteiger partial charge < -0.3 is 4.57 Å². The Morgan fingerprint density at radius 1 is 0.550 bits per heavy atom. The van der Waals surface area contributed by atoms with Crippen LogP contribution in [-0.4, -0.2) is 19.5 Å². The molecule has 5 heteroatoms. The highest BCUT2D eigenvalue weighted by molar-refractivity contribution is 7.21. The van der Waals surface area contributed by atoms with Crippen LogP contribution in [0.25, 0.3) is 70.7 Å². The zero-order chi connectivity index (χ0) is 26.5. The summed E-state index contributed by atoms with van der Waals surface area (Å²) in [6.45, 7) is 0. The Kier molecular flexibility index (Phi) is 5.28. The lowest BCUT2D eigenvalue weighted by atomic mass is 10.0. The zero-order valence-corrected chi connectivity index (χ0v) is 22.2. The molecule has 4 nitrogen and oxygen atoms in total. The summed E-state index contributed by atoms with van der Waals surface area (Å²) in [5.41, 5.74) is 9.93. The third-order valence-electron chi connectivity index (χ3n) is 7.39. The summed E-state index contributed by atoms with van der Waals surface area (Å²) in [6.07, 6.45) is 5.53. The van der Waals surface area contributed by atoms with Crippen LogP contribution in [0.2, 0.25) is 0 Å². The Bertz CT molecular complexity index is 2130. The van der Waals surface area contributed by atoms with Crippen molar-refractivity contribution in [2.75, 3.05) is 0 Å². The number of fused-ring (bicyclic) bond motifs is 4. The van der Waals surface area contributed by atoms with Crippen LogP contribution in [0.5, 0.6) is 0 Å². The van der Waals surface area contributed by atoms with Crippen molar-refractivity contribution in [3.63, 3.8) is 0 Å². The molecule has 4 heterocycles. The Labute approximate surface area is 234 Å². The Hall–Kier alpha value is -5.13. The molecule has 0 aliphatic rings. The lowest BCUT2D eigenvalue weighted by Gasteiger charge is -2.11. The molecule has 40 heavy (non-hydrogen) atoms. The molecular weight excluding hydrogens is 508 g/mol. The number of aromatic nitrogens is 4. The summed E-state index contributed by atoms with van der Waals surface area (Å²) in [5, 5.41) is 3.45. The molecule has 8 aromatic rings. The number of benzene rings is 4. The van der Waals surface area contributed by atoms with Gasteiger partial charge in [0.15, 0.2) is 0 Å². The first-order valence-electron chi connectivity index (χ1n) is 13.2. The van der Waals surface area contributed by atoms with Crippen molar-refractivity contribution >= 4 is 43.4 Å². The molecule has 0 N–H and O–H groups in total. The average Bonchev–Trinajstić information content (AvgIpc) is 3.61. The molecule has 0 spiro atoms. The SMILES string of the molecule is c1ccc(-c2cccc(-n3c4ccc(-c5ccncc5)cc4c4ccc(-c5nc6ccccc6s5)cc43)c2)nc1. The summed E-state index contributed by atoms with van der Waals surface area (Å²) in [4.78, 5) is 13.7. The van der Waals surface area contributed by atoms with Crippen LogP contribution in [-0.2, 0) is 0 Å². The maximum atomic E-state index is 4.95. The van der Waals surface area contributed by atoms with Gasteiger partial charge in [0.25, 0.3) is 0 Å². The Morgan fingerprint density at radius 2 is 1.43 bits per heavy atom. The van der Waals surface area contributed by atoms with E-state index in [2.05, 4.69) is 112 Å². The van der Waals surface area contributed by atoms with Gasteiger partial charge in [-0.3, -0.25) is 9.97 Å². The highest BCUT2D eigenvalue weighted by Gasteiger charge is 2.16. The number of pyridine rings is 2. The lowest BCUT2D eigenvalue weighted by molar-refractivity contribution is 1.18. The number of para-hydroxylation sites is 1.